The van der Waals surface area contributed by atoms with Crippen LogP contribution < -0.4 is 10.5 Å². The first-order valence-electron chi connectivity index (χ1n) is 4.73. The van der Waals surface area contributed by atoms with Crippen molar-refractivity contribution in [3.63, 3.8) is 0 Å². The van der Waals surface area contributed by atoms with E-state index >= 15 is 0 Å². The van der Waals surface area contributed by atoms with Crippen LogP contribution in [0.2, 0.25) is 0 Å². The van der Waals surface area contributed by atoms with E-state index in [1.54, 1.807) is 13.3 Å². The number of halogens is 1. The Labute approximate surface area is 102 Å². The van der Waals surface area contributed by atoms with Crippen molar-refractivity contribution < 1.29 is 9.15 Å². The number of nitrogens with two attached hydrogens (primary N) is 1. The maximum absolute atomic E-state index is 5.45. The Morgan fingerprint density at radius 1 is 1.50 bits per heavy atom. The molecule has 2 N–H and O–H groups in total. The van der Waals surface area contributed by atoms with Gasteiger partial charge >= 0.3 is 0 Å². The summed E-state index contributed by atoms with van der Waals surface area (Å²) in [4.78, 5) is 4.05. The minimum absolute atomic E-state index is 0.303. The zero-order chi connectivity index (χ0) is 11.5. The molecule has 4 nitrogen and oxygen atoms in total. The van der Waals surface area contributed by atoms with Gasteiger partial charge in [0, 0.05) is 5.56 Å². The molecule has 0 saturated carbocycles. The van der Waals surface area contributed by atoms with Gasteiger partial charge in [0.05, 0.1) is 24.3 Å². The van der Waals surface area contributed by atoms with Crippen molar-refractivity contribution in [2.45, 2.75) is 6.54 Å². The third-order valence-corrected chi connectivity index (χ3v) is 2.78. The summed E-state index contributed by atoms with van der Waals surface area (Å²) in [5, 5.41) is 0. The van der Waals surface area contributed by atoms with Crippen molar-refractivity contribution in [1.82, 2.24) is 4.98 Å². The van der Waals surface area contributed by atoms with Gasteiger partial charge in [0.1, 0.15) is 5.75 Å². The Morgan fingerprint density at radius 2 is 2.31 bits per heavy atom. The second kappa shape index (κ2) is 4.67. The zero-order valence-electron chi connectivity index (χ0n) is 8.74. The fourth-order valence-electron chi connectivity index (χ4n) is 1.36. The maximum atomic E-state index is 5.45. The number of ether oxygens (including phenoxy) is 1. The van der Waals surface area contributed by atoms with Crippen molar-refractivity contribution >= 4 is 15.9 Å². The predicted molar refractivity (Wildman–Crippen MR) is 64.1 cm³/mol. The summed E-state index contributed by atoms with van der Waals surface area (Å²) in [5.41, 5.74) is 6.36. The minimum Gasteiger partial charge on any atom is -0.496 e. The Bertz CT molecular complexity index is 496. The molecule has 1 heterocycles. The smallest absolute Gasteiger partial charge is 0.208 e. The highest BCUT2D eigenvalue weighted by Gasteiger charge is 2.07. The predicted octanol–water partition coefficient (Wildman–Crippen LogP) is 2.57. The number of hydrogen-bond acceptors (Lipinski definition) is 4. The number of hydrogen-bond donors (Lipinski definition) is 1. The standard InChI is InChI=1S/C11H11BrN2O2/c1-15-9-3-2-7(4-8(9)12)10-6-14-11(5-13)16-10/h2-4,6H,5,13H2,1H3. The summed E-state index contributed by atoms with van der Waals surface area (Å²) in [6, 6.07) is 5.69. The second-order valence-corrected chi connectivity index (χ2v) is 4.03. The van der Waals surface area contributed by atoms with Crippen LogP contribution in [0.15, 0.2) is 33.3 Å². The average molecular weight is 283 g/mol. The van der Waals surface area contributed by atoms with Gasteiger partial charge in [-0.05, 0) is 34.1 Å². The van der Waals surface area contributed by atoms with E-state index in [2.05, 4.69) is 20.9 Å². The van der Waals surface area contributed by atoms with Gasteiger partial charge in [0.25, 0.3) is 0 Å². The molecule has 0 saturated heterocycles. The minimum atomic E-state index is 0.303. The number of nitrogens with zero attached hydrogens (tertiary/aromatic N) is 1. The molecule has 2 aromatic rings. The lowest BCUT2D eigenvalue weighted by Gasteiger charge is -2.03. The Hall–Kier alpha value is -1.33. The van der Waals surface area contributed by atoms with Crippen molar-refractivity contribution in [1.29, 1.82) is 0 Å². The molecular formula is C11H11BrN2O2. The molecule has 1 aromatic carbocycles. The molecule has 0 unspecified atom stereocenters. The largest absolute Gasteiger partial charge is 0.496 e. The molecule has 0 aliphatic carbocycles. The van der Waals surface area contributed by atoms with Crippen molar-refractivity contribution in [3.05, 3.63) is 34.8 Å². The molecule has 0 spiro atoms. The molecule has 0 aliphatic rings. The van der Waals surface area contributed by atoms with Crippen molar-refractivity contribution in [3.8, 4) is 17.1 Å². The molecule has 2 rings (SSSR count). The summed E-state index contributed by atoms with van der Waals surface area (Å²) in [7, 11) is 1.63. The molecule has 0 fully saturated rings. The first-order valence-corrected chi connectivity index (χ1v) is 5.52. The Morgan fingerprint density at radius 3 is 2.88 bits per heavy atom. The summed E-state index contributed by atoms with van der Waals surface area (Å²) in [6.45, 7) is 0.303. The molecule has 84 valence electrons. The van der Waals surface area contributed by atoms with Crippen LogP contribution in [0.25, 0.3) is 11.3 Å². The van der Waals surface area contributed by atoms with Gasteiger partial charge in [0.2, 0.25) is 5.89 Å². The first-order chi connectivity index (χ1) is 7.74. The molecule has 1 aromatic heterocycles. The lowest BCUT2D eigenvalue weighted by molar-refractivity contribution is 0.412. The number of oxazole rings is 1. The number of rotatable bonds is 3. The topological polar surface area (TPSA) is 61.3 Å². The van der Waals surface area contributed by atoms with Crippen LogP contribution >= 0.6 is 15.9 Å². The number of aromatic nitrogens is 1. The van der Waals surface area contributed by atoms with Gasteiger partial charge in [-0.3, -0.25) is 0 Å². The lowest BCUT2D eigenvalue weighted by atomic mass is 10.2. The normalized spacial score (nSPS) is 10.4. The van der Waals surface area contributed by atoms with Crippen LogP contribution in [0.5, 0.6) is 5.75 Å². The quantitative estimate of drug-likeness (QED) is 0.940. The third kappa shape index (κ3) is 2.10. The van der Waals surface area contributed by atoms with Crippen LogP contribution in [0, 0.1) is 0 Å². The monoisotopic (exact) mass is 282 g/mol. The van der Waals surface area contributed by atoms with Gasteiger partial charge < -0.3 is 14.9 Å². The number of methoxy groups -OCH3 is 1. The zero-order valence-corrected chi connectivity index (χ0v) is 10.3. The molecule has 0 aliphatic heterocycles. The highest BCUT2D eigenvalue weighted by Crippen LogP contribution is 2.30. The van der Waals surface area contributed by atoms with Crippen molar-refractivity contribution in [2.24, 2.45) is 5.73 Å². The van der Waals surface area contributed by atoms with Crippen molar-refractivity contribution in [2.75, 3.05) is 7.11 Å². The van der Waals surface area contributed by atoms with E-state index in [1.165, 1.54) is 0 Å². The lowest BCUT2D eigenvalue weighted by Crippen LogP contribution is -1.94. The van der Waals surface area contributed by atoms with E-state index in [0.29, 0.717) is 18.2 Å². The molecule has 5 heteroatoms. The summed E-state index contributed by atoms with van der Waals surface area (Å²) in [5.74, 6) is 2.01. The van der Waals surface area contributed by atoms with Crippen LogP contribution in [0.1, 0.15) is 5.89 Å². The Kier molecular flexibility index (Phi) is 3.26. The van der Waals surface area contributed by atoms with E-state index in [0.717, 1.165) is 15.8 Å². The summed E-state index contributed by atoms with van der Waals surface area (Å²) in [6.07, 6.45) is 1.66. The average Bonchev–Trinajstić information content (AvgIpc) is 2.77. The van der Waals surface area contributed by atoms with Gasteiger partial charge in [-0.15, -0.1) is 0 Å². The van der Waals surface area contributed by atoms with E-state index in [-0.39, 0.29) is 0 Å². The second-order valence-electron chi connectivity index (χ2n) is 3.17. The molecule has 0 amide bonds. The third-order valence-electron chi connectivity index (χ3n) is 2.16. The SMILES string of the molecule is COc1ccc(-c2cnc(CN)o2)cc1Br. The fourth-order valence-corrected chi connectivity index (χ4v) is 1.90. The Balaban J connectivity index is 2.37. The molecule has 0 bridgehead atoms. The van der Waals surface area contributed by atoms with E-state index < -0.39 is 0 Å². The highest BCUT2D eigenvalue weighted by atomic mass is 79.9. The van der Waals surface area contributed by atoms with Gasteiger partial charge in [-0.1, -0.05) is 0 Å². The van der Waals surface area contributed by atoms with Crippen LogP contribution in [0.3, 0.4) is 0 Å². The number of benzene rings is 1. The van der Waals surface area contributed by atoms with Gasteiger partial charge in [0.15, 0.2) is 5.76 Å². The van der Waals surface area contributed by atoms with E-state index in [9.17, 15) is 0 Å². The first kappa shape index (κ1) is 11.2. The van der Waals surface area contributed by atoms with Gasteiger partial charge in [-0.25, -0.2) is 4.98 Å². The fraction of sp³-hybridized carbons (Fsp3) is 0.182. The molecule has 16 heavy (non-hydrogen) atoms. The summed E-state index contributed by atoms with van der Waals surface area (Å²) >= 11 is 3.42. The molecule has 0 atom stereocenters. The molecule has 0 radical (unpaired) electrons. The maximum Gasteiger partial charge on any atom is 0.208 e. The van der Waals surface area contributed by atoms with Gasteiger partial charge in [-0.2, -0.15) is 0 Å². The van der Waals surface area contributed by atoms with Crippen LogP contribution in [0.4, 0.5) is 0 Å². The molecular weight excluding hydrogens is 272 g/mol. The van der Waals surface area contributed by atoms with E-state index in [4.69, 9.17) is 14.9 Å². The summed E-state index contributed by atoms with van der Waals surface area (Å²) < 4.78 is 11.5. The highest BCUT2D eigenvalue weighted by molar-refractivity contribution is 9.10. The van der Waals surface area contributed by atoms with E-state index in [1.807, 2.05) is 18.2 Å². The van der Waals surface area contributed by atoms with Crippen LogP contribution in [-0.2, 0) is 6.54 Å². The van der Waals surface area contributed by atoms with Crippen LogP contribution in [-0.4, -0.2) is 12.1 Å².